The molecule has 0 aliphatic carbocycles. The summed E-state index contributed by atoms with van der Waals surface area (Å²) in [6.07, 6.45) is 2.50. The standard InChI is InChI=1S/C6H3BrClNO3/c7-3-1-4(8)5(6(10)11)9(12)2-3/h1-2,5H/p+1. The van der Waals surface area contributed by atoms with Gasteiger partial charge in [-0.25, -0.2) is 4.79 Å². The fourth-order valence-electron chi connectivity index (χ4n) is 0.792. The first-order valence-corrected chi connectivity index (χ1v) is 4.12. The maximum Gasteiger partial charge on any atom is 0.384 e. The van der Waals surface area contributed by atoms with E-state index in [0.29, 0.717) is 4.48 Å². The molecule has 0 bridgehead atoms. The van der Waals surface area contributed by atoms with Gasteiger partial charge in [0.05, 0.1) is 9.24 Å². The summed E-state index contributed by atoms with van der Waals surface area (Å²) >= 11 is 8.55. The van der Waals surface area contributed by atoms with Gasteiger partial charge in [-0.3, -0.25) is 0 Å². The van der Waals surface area contributed by atoms with Crippen molar-refractivity contribution in [1.29, 1.82) is 0 Å². The average Bonchev–Trinajstić information content (AvgIpc) is 1.82. The van der Waals surface area contributed by atoms with Gasteiger partial charge >= 0.3 is 12.0 Å². The highest BCUT2D eigenvalue weighted by atomic mass is 79.9. The van der Waals surface area contributed by atoms with Gasteiger partial charge in [-0.15, -0.1) is 0 Å². The summed E-state index contributed by atoms with van der Waals surface area (Å²) in [6, 6.07) is -1.31. The molecule has 0 aromatic rings. The van der Waals surface area contributed by atoms with E-state index >= 15 is 0 Å². The van der Waals surface area contributed by atoms with E-state index < -0.39 is 12.0 Å². The van der Waals surface area contributed by atoms with Crippen LogP contribution in [0.5, 0.6) is 0 Å². The Morgan fingerprint density at radius 1 is 1.75 bits per heavy atom. The molecule has 0 saturated heterocycles. The fourth-order valence-corrected chi connectivity index (χ4v) is 1.68. The SMILES string of the molecule is O=C(O)C1C(Cl)=CC(Br)=C[N+]1=O. The van der Waals surface area contributed by atoms with Crippen LogP contribution in [-0.2, 0) is 4.79 Å². The molecule has 0 amide bonds. The molecule has 0 spiro atoms. The number of halogens is 2. The fraction of sp³-hybridized carbons (Fsp3) is 0.167. The first-order valence-electron chi connectivity index (χ1n) is 2.95. The number of hydrogen-bond acceptors (Lipinski definition) is 2. The first-order chi connectivity index (χ1) is 5.52. The van der Waals surface area contributed by atoms with Crippen molar-refractivity contribution in [2.45, 2.75) is 6.04 Å². The topological polar surface area (TPSA) is 57.4 Å². The quantitative estimate of drug-likeness (QED) is 0.722. The van der Waals surface area contributed by atoms with E-state index in [1.54, 1.807) is 0 Å². The molecule has 1 N–H and O–H groups in total. The van der Waals surface area contributed by atoms with Crippen LogP contribution in [0.3, 0.4) is 0 Å². The summed E-state index contributed by atoms with van der Waals surface area (Å²) in [5.74, 6) is -1.26. The maximum absolute atomic E-state index is 11.0. The smallest absolute Gasteiger partial charge is 0.384 e. The summed E-state index contributed by atoms with van der Waals surface area (Å²) in [5, 5.41) is 8.55. The lowest BCUT2D eigenvalue weighted by Gasteiger charge is -2.04. The van der Waals surface area contributed by atoms with Crippen LogP contribution in [0.2, 0.25) is 0 Å². The van der Waals surface area contributed by atoms with Crippen molar-refractivity contribution in [3.63, 3.8) is 0 Å². The van der Waals surface area contributed by atoms with Crippen molar-refractivity contribution in [3.8, 4) is 0 Å². The summed E-state index contributed by atoms with van der Waals surface area (Å²) in [7, 11) is 0. The lowest BCUT2D eigenvalue weighted by Crippen LogP contribution is -2.31. The zero-order valence-electron chi connectivity index (χ0n) is 5.70. The minimum Gasteiger partial charge on any atom is -0.476 e. The molecule has 6 heteroatoms. The van der Waals surface area contributed by atoms with Crippen molar-refractivity contribution < 1.29 is 14.7 Å². The van der Waals surface area contributed by atoms with Gasteiger partial charge in [0, 0.05) is 4.91 Å². The number of nitrogens with zero attached hydrogens (tertiary/aromatic N) is 1. The number of carbonyl (C=O) groups is 1. The highest BCUT2D eigenvalue weighted by Gasteiger charge is 2.38. The Balaban J connectivity index is 3.03. The molecule has 0 radical (unpaired) electrons. The van der Waals surface area contributed by atoms with Gasteiger partial charge in [0.2, 0.25) is 6.20 Å². The molecule has 1 unspecified atom stereocenters. The molecule has 1 heterocycles. The molecule has 0 aromatic carbocycles. The molecule has 4 nitrogen and oxygen atoms in total. The molecule has 0 aromatic heterocycles. The molecule has 1 aliphatic heterocycles. The molecule has 1 aliphatic rings. The number of carboxylic acid groups (broad SMARTS) is 1. The Labute approximate surface area is 81.2 Å². The van der Waals surface area contributed by atoms with Crippen molar-refractivity contribution in [2.75, 3.05) is 0 Å². The van der Waals surface area contributed by atoms with Gasteiger partial charge in [-0.05, 0) is 22.0 Å². The van der Waals surface area contributed by atoms with Gasteiger partial charge in [-0.1, -0.05) is 11.6 Å². The van der Waals surface area contributed by atoms with Crippen LogP contribution in [-0.4, -0.2) is 21.9 Å². The molecule has 12 heavy (non-hydrogen) atoms. The number of allylic oxidation sites excluding steroid dienone is 2. The number of carboxylic acids is 1. The van der Waals surface area contributed by atoms with E-state index in [4.69, 9.17) is 16.7 Å². The third kappa shape index (κ3) is 1.73. The van der Waals surface area contributed by atoms with Gasteiger partial charge < -0.3 is 5.11 Å². The van der Waals surface area contributed by atoms with Crippen molar-refractivity contribution in [3.05, 3.63) is 26.7 Å². The van der Waals surface area contributed by atoms with Crippen molar-refractivity contribution in [1.82, 2.24) is 0 Å². The van der Waals surface area contributed by atoms with E-state index in [9.17, 15) is 9.70 Å². The van der Waals surface area contributed by atoms with Crippen LogP contribution in [0.4, 0.5) is 0 Å². The second kappa shape index (κ2) is 3.37. The van der Waals surface area contributed by atoms with Crippen LogP contribution in [0.1, 0.15) is 0 Å². The van der Waals surface area contributed by atoms with Gasteiger partial charge in [0.25, 0.3) is 0 Å². The van der Waals surface area contributed by atoms with E-state index in [1.807, 2.05) is 0 Å². The summed E-state index contributed by atoms with van der Waals surface area (Å²) in [5.41, 5.74) is 0. The van der Waals surface area contributed by atoms with Gasteiger partial charge in [0.15, 0.2) is 0 Å². The van der Waals surface area contributed by atoms with Gasteiger partial charge in [0.1, 0.15) is 5.03 Å². The van der Waals surface area contributed by atoms with Crippen LogP contribution in [0.15, 0.2) is 21.8 Å². The molecular weight excluding hydrogens is 249 g/mol. The van der Waals surface area contributed by atoms with Crippen LogP contribution >= 0.6 is 27.5 Å². The Morgan fingerprint density at radius 2 is 2.33 bits per heavy atom. The minimum atomic E-state index is -1.31. The molecule has 64 valence electrons. The predicted octanol–water partition coefficient (Wildman–Crippen LogP) is 1.59. The van der Waals surface area contributed by atoms with E-state index in [1.165, 1.54) is 6.08 Å². The Bertz CT molecular complexity index is 310. The molecule has 0 saturated carbocycles. The predicted molar refractivity (Wildman–Crippen MR) is 46.0 cm³/mol. The van der Waals surface area contributed by atoms with E-state index in [-0.39, 0.29) is 9.79 Å². The Kier molecular flexibility index (Phi) is 2.64. The Hall–Kier alpha value is -0.680. The normalized spacial score (nSPS) is 23.2. The van der Waals surface area contributed by atoms with E-state index in [2.05, 4.69) is 15.9 Å². The minimum absolute atomic E-state index is 0.00752. The average molecular weight is 253 g/mol. The molecule has 0 fully saturated rings. The monoisotopic (exact) mass is 252 g/mol. The lowest BCUT2D eigenvalue weighted by atomic mass is 10.2. The molecule has 1 rings (SSSR count). The lowest BCUT2D eigenvalue weighted by molar-refractivity contribution is -0.499. The van der Waals surface area contributed by atoms with Crippen LogP contribution < -0.4 is 0 Å². The summed E-state index contributed by atoms with van der Waals surface area (Å²) in [6.45, 7) is 0. The third-order valence-corrected chi connectivity index (χ3v) is 2.03. The second-order valence-electron chi connectivity index (χ2n) is 2.14. The van der Waals surface area contributed by atoms with Gasteiger partial charge in [-0.2, -0.15) is 0 Å². The Morgan fingerprint density at radius 3 is 2.75 bits per heavy atom. The molecular formula is C6H4BrClNO3+. The zero-order valence-corrected chi connectivity index (χ0v) is 8.04. The highest BCUT2D eigenvalue weighted by molar-refractivity contribution is 9.11. The number of hydrogen-bond donors (Lipinski definition) is 1. The number of nitroso groups, excluding NO2 is 1. The zero-order chi connectivity index (χ0) is 9.30. The van der Waals surface area contributed by atoms with Crippen LogP contribution in [0.25, 0.3) is 0 Å². The van der Waals surface area contributed by atoms with Crippen molar-refractivity contribution in [2.24, 2.45) is 0 Å². The third-order valence-electron chi connectivity index (χ3n) is 1.28. The second-order valence-corrected chi connectivity index (χ2v) is 3.50. The van der Waals surface area contributed by atoms with Crippen LogP contribution in [0, 0.1) is 4.91 Å². The van der Waals surface area contributed by atoms with E-state index in [0.717, 1.165) is 6.20 Å². The first kappa shape index (κ1) is 9.41. The molecule has 1 atom stereocenters. The van der Waals surface area contributed by atoms with Crippen molar-refractivity contribution >= 4 is 33.5 Å². The largest absolute Gasteiger partial charge is 0.476 e. The number of aliphatic carboxylic acids is 1. The summed E-state index contributed by atoms with van der Waals surface area (Å²) < 4.78 is 0.745. The summed E-state index contributed by atoms with van der Waals surface area (Å²) in [4.78, 5) is 21.4. The maximum atomic E-state index is 11.0. The highest BCUT2D eigenvalue weighted by Crippen LogP contribution is 2.23. The number of rotatable bonds is 1.